The van der Waals surface area contributed by atoms with E-state index >= 15 is 0 Å². The molecule has 0 aromatic heterocycles. The van der Waals surface area contributed by atoms with E-state index in [1.165, 1.54) is 6.07 Å². The van der Waals surface area contributed by atoms with Crippen LogP contribution >= 0.6 is 15.9 Å². The average molecular weight is 351 g/mol. The molecule has 1 heterocycles. The quantitative estimate of drug-likeness (QED) is 0.872. The van der Waals surface area contributed by atoms with E-state index in [2.05, 4.69) is 29.8 Å². The summed E-state index contributed by atoms with van der Waals surface area (Å²) in [5, 5.41) is 10.5. The third-order valence-corrected chi connectivity index (χ3v) is 4.60. The van der Waals surface area contributed by atoms with Crippen molar-refractivity contribution < 1.29 is 14.2 Å². The van der Waals surface area contributed by atoms with Gasteiger partial charge in [-0.1, -0.05) is 41.9 Å². The van der Waals surface area contributed by atoms with Crippen LogP contribution in [-0.2, 0) is 5.41 Å². The summed E-state index contributed by atoms with van der Waals surface area (Å²) >= 11 is 3.31. The van der Waals surface area contributed by atoms with E-state index in [-0.39, 0.29) is 11.0 Å². The molecule has 1 atom stereocenters. The fourth-order valence-corrected chi connectivity index (χ4v) is 3.21. The summed E-state index contributed by atoms with van der Waals surface area (Å²) in [6.45, 7) is 4.80. The number of halogens is 2. The number of hydrogen-bond acceptors (Lipinski definition) is 2. The first-order chi connectivity index (χ1) is 9.90. The Balaban J connectivity index is 2.06. The van der Waals surface area contributed by atoms with Crippen molar-refractivity contribution in [3.63, 3.8) is 0 Å². The van der Waals surface area contributed by atoms with Crippen LogP contribution < -0.4 is 4.74 Å². The minimum absolute atomic E-state index is 0.0997. The zero-order valence-electron chi connectivity index (χ0n) is 11.9. The standard InChI is InChI=1S/C17H16BrFO2/c1-17(2)9-21-14-7-6-10(8-11(14)17)16(20)15-12(18)4-3-5-13(15)19/h3-8,16,20H,9H2,1-2H3. The van der Waals surface area contributed by atoms with Crippen LogP contribution in [0.5, 0.6) is 5.75 Å². The Bertz CT molecular complexity index is 677. The van der Waals surface area contributed by atoms with Crippen molar-refractivity contribution in [1.29, 1.82) is 0 Å². The van der Waals surface area contributed by atoms with Crippen LogP contribution in [0.25, 0.3) is 0 Å². The molecule has 0 bridgehead atoms. The van der Waals surface area contributed by atoms with Crippen molar-refractivity contribution in [2.24, 2.45) is 0 Å². The van der Waals surface area contributed by atoms with Crippen LogP contribution in [0.1, 0.15) is 36.6 Å². The fraction of sp³-hybridized carbons (Fsp3) is 0.294. The normalized spacial score (nSPS) is 17.2. The predicted molar refractivity (Wildman–Crippen MR) is 83.1 cm³/mol. The molecule has 2 aromatic carbocycles. The molecule has 21 heavy (non-hydrogen) atoms. The Morgan fingerprint density at radius 1 is 1.29 bits per heavy atom. The number of aliphatic hydroxyl groups excluding tert-OH is 1. The van der Waals surface area contributed by atoms with E-state index in [0.717, 1.165) is 11.3 Å². The highest BCUT2D eigenvalue weighted by atomic mass is 79.9. The highest BCUT2D eigenvalue weighted by Crippen LogP contribution is 2.41. The number of fused-ring (bicyclic) bond motifs is 1. The van der Waals surface area contributed by atoms with E-state index in [4.69, 9.17) is 4.74 Å². The Kier molecular flexibility index (Phi) is 3.54. The minimum atomic E-state index is -1.01. The van der Waals surface area contributed by atoms with Gasteiger partial charge in [0.2, 0.25) is 0 Å². The van der Waals surface area contributed by atoms with Gasteiger partial charge in [-0.25, -0.2) is 4.39 Å². The maximum Gasteiger partial charge on any atom is 0.130 e. The van der Waals surface area contributed by atoms with Gasteiger partial charge < -0.3 is 9.84 Å². The van der Waals surface area contributed by atoms with Gasteiger partial charge in [-0.05, 0) is 29.8 Å². The molecule has 1 unspecified atom stereocenters. The molecule has 1 aliphatic rings. The maximum atomic E-state index is 14.0. The van der Waals surface area contributed by atoms with Crippen LogP contribution in [0.2, 0.25) is 0 Å². The topological polar surface area (TPSA) is 29.5 Å². The summed E-state index contributed by atoms with van der Waals surface area (Å²) in [4.78, 5) is 0. The van der Waals surface area contributed by atoms with E-state index in [1.54, 1.807) is 18.2 Å². The molecule has 3 rings (SSSR count). The first-order valence-electron chi connectivity index (χ1n) is 6.79. The largest absolute Gasteiger partial charge is 0.492 e. The van der Waals surface area contributed by atoms with Gasteiger partial charge in [0.05, 0.1) is 6.61 Å². The lowest BCUT2D eigenvalue weighted by atomic mass is 9.85. The summed E-state index contributed by atoms with van der Waals surface area (Å²) in [6.07, 6.45) is -1.01. The molecule has 0 fully saturated rings. The lowest BCUT2D eigenvalue weighted by Gasteiger charge is -2.18. The van der Waals surface area contributed by atoms with Gasteiger partial charge in [-0.3, -0.25) is 0 Å². The summed E-state index contributed by atoms with van der Waals surface area (Å²) in [6, 6.07) is 10.2. The van der Waals surface area contributed by atoms with Crippen molar-refractivity contribution in [3.8, 4) is 5.75 Å². The molecule has 1 aliphatic heterocycles. The van der Waals surface area contributed by atoms with Crippen molar-refractivity contribution in [3.05, 3.63) is 63.4 Å². The third-order valence-electron chi connectivity index (χ3n) is 3.91. The average Bonchev–Trinajstić information content (AvgIpc) is 2.74. The van der Waals surface area contributed by atoms with Gasteiger partial charge in [0.25, 0.3) is 0 Å². The third kappa shape index (κ3) is 2.47. The Morgan fingerprint density at radius 2 is 2.05 bits per heavy atom. The van der Waals surface area contributed by atoms with E-state index < -0.39 is 11.9 Å². The Labute approximate surface area is 131 Å². The highest BCUT2D eigenvalue weighted by Gasteiger charge is 2.32. The molecule has 0 saturated heterocycles. The van der Waals surface area contributed by atoms with Gasteiger partial charge in [-0.15, -0.1) is 0 Å². The van der Waals surface area contributed by atoms with Crippen molar-refractivity contribution in [1.82, 2.24) is 0 Å². The first-order valence-corrected chi connectivity index (χ1v) is 7.58. The Morgan fingerprint density at radius 3 is 2.76 bits per heavy atom. The smallest absolute Gasteiger partial charge is 0.130 e. The second-order valence-electron chi connectivity index (χ2n) is 5.97. The van der Waals surface area contributed by atoms with Crippen LogP contribution in [0, 0.1) is 5.82 Å². The van der Waals surface area contributed by atoms with E-state index in [0.29, 0.717) is 16.6 Å². The molecule has 1 N–H and O–H groups in total. The molecule has 0 aliphatic carbocycles. The summed E-state index contributed by atoms with van der Waals surface area (Å²) in [5.41, 5.74) is 1.87. The molecule has 2 nitrogen and oxygen atoms in total. The van der Waals surface area contributed by atoms with Crippen molar-refractivity contribution in [2.75, 3.05) is 6.61 Å². The van der Waals surface area contributed by atoms with Gasteiger partial charge in [-0.2, -0.15) is 0 Å². The number of aliphatic hydroxyl groups is 1. The van der Waals surface area contributed by atoms with Gasteiger partial charge in [0.15, 0.2) is 0 Å². The summed E-state index contributed by atoms with van der Waals surface area (Å²) in [5.74, 6) is 0.413. The minimum Gasteiger partial charge on any atom is -0.492 e. The zero-order chi connectivity index (χ0) is 15.2. The van der Waals surface area contributed by atoms with E-state index in [9.17, 15) is 9.50 Å². The summed E-state index contributed by atoms with van der Waals surface area (Å²) < 4.78 is 20.2. The Hall–Kier alpha value is -1.39. The lowest BCUT2D eigenvalue weighted by molar-refractivity contribution is 0.214. The molecular weight excluding hydrogens is 335 g/mol. The van der Waals surface area contributed by atoms with Crippen LogP contribution in [0.4, 0.5) is 4.39 Å². The van der Waals surface area contributed by atoms with Gasteiger partial charge in [0, 0.05) is 21.0 Å². The molecule has 0 amide bonds. The monoisotopic (exact) mass is 350 g/mol. The zero-order valence-corrected chi connectivity index (χ0v) is 13.4. The SMILES string of the molecule is CC1(C)COc2ccc(C(O)c3c(F)cccc3Br)cc21. The first kappa shape index (κ1) is 14.5. The van der Waals surface area contributed by atoms with Crippen LogP contribution in [0.15, 0.2) is 40.9 Å². The molecule has 2 aromatic rings. The van der Waals surface area contributed by atoms with Gasteiger partial charge >= 0.3 is 0 Å². The van der Waals surface area contributed by atoms with Crippen LogP contribution in [-0.4, -0.2) is 11.7 Å². The number of hydrogen-bond donors (Lipinski definition) is 1. The molecular formula is C17H16BrFO2. The van der Waals surface area contributed by atoms with Gasteiger partial charge in [0.1, 0.15) is 17.7 Å². The van der Waals surface area contributed by atoms with Crippen LogP contribution in [0.3, 0.4) is 0 Å². The molecule has 4 heteroatoms. The lowest BCUT2D eigenvalue weighted by Crippen LogP contribution is -2.18. The number of ether oxygens (including phenoxy) is 1. The molecule has 0 saturated carbocycles. The van der Waals surface area contributed by atoms with Crippen molar-refractivity contribution in [2.45, 2.75) is 25.4 Å². The van der Waals surface area contributed by atoms with E-state index in [1.807, 2.05) is 12.1 Å². The molecule has 110 valence electrons. The number of benzene rings is 2. The maximum absolute atomic E-state index is 14.0. The second-order valence-corrected chi connectivity index (χ2v) is 6.82. The predicted octanol–water partition coefficient (Wildman–Crippen LogP) is 4.34. The fourth-order valence-electron chi connectivity index (χ4n) is 2.65. The van der Waals surface area contributed by atoms with Crippen molar-refractivity contribution >= 4 is 15.9 Å². The highest BCUT2D eigenvalue weighted by molar-refractivity contribution is 9.10. The summed E-state index contributed by atoms with van der Waals surface area (Å²) in [7, 11) is 0. The molecule has 0 spiro atoms. The second kappa shape index (κ2) is 5.11. The number of rotatable bonds is 2. The molecule has 0 radical (unpaired) electrons.